The average Bonchev–Trinajstić information content (AvgIpc) is 3.04. The maximum Gasteiger partial charge on any atom is 0.123 e. The summed E-state index contributed by atoms with van der Waals surface area (Å²) < 4.78 is 5.69. The Labute approximate surface area is 167 Å². The second kappa shape index (κ2) is 8.96. The molecule has 0 bridgehead atoms. The Bertz CT molecular complexity index is 685. The van der Waals surface area contributed by atoms with Crippen molar-refractivity contribution in [1.82, 2.24) is 0 Å². The van der Waals surface area contributed by atoms with Crippen LogP contribution in [0.5, 0.6) is 0 Å². The second-order valence-electron chi connectivity index (χ2n) is 10.1. The van der Waals surface area contributed by atoms with Crippen LogP contribution in [0, 0.1) is 5.41 Å². The standard InChI is InChI=1S/C24H40O2Si/c1-18(13-14-21-19(2)11-9-15-24(21,3)4)10-8-12-22(25)20-16-23(26-17-20)27(5,6)7/h10,16-17,22,25H,8-9,11-15H2,1-7H3. The normalized spacial score (nSPS) is 19.5. The summed E-state index contributed by atoms with van der Waals surface area (Å²) >= 11 is 0. The predicted molar refractivity (Wildman–Crippen MR) is 119 cm³/mol. The van der Waals surface area contributed by atoms with Crippen LogP contribution in [0.4, 0.5) is 0 Å². The molecule has 0 amide bonds. The molecule has 1 aliphatic carbocycles. The lowest BCUT2D eigenvalue weighted by atomic mass is 9.71. The summed E-state index contributed by atoms with van der Waals surface area (Å²) in [5.74, 6) is 0. The molecule has 1 aromatic heterocycles. The highest BCUT2D eigenvalue weighted by Gasteiger charge is 2.27. The summed E-state index contributed by atoms with van der Waals surface area (Å²) in [6, 6.07) is 2.06. The number of hydrogen-bond donors (Lipinski definition) is 1. The number of aliphatic hydroxyl groups is 1. The van der Waals surface area contributed by atoms with E-state index < -0.39 is 14.2 Å². The summed E-state index contributed by atoms with van der Waals surface area (Å²) in [5.41, 5.74) is 6.04. The Kier molecular flexibility index (Phi) is 7.38. The Morgan fingerprint density at radius 2 is 2.04 bits per heavy atom. The molecule has 2 nitrogen and oxygen atoms in total. The molecule has 27 heavy (non-hydrogen) atoms. The number of allylic oxidation sites excluding steroid dienone is 4. The smallest absolute Gasteiger partial charge is 0.123 e. The molecule has 1 aliphatic rings. The monoisotopic (exact) mass is 388 g/mol. The lowest BCUT2D eigenvalue weighted by molar-refractivity contribution is 0.168. The van der Waals surface area contributed by atoms with Crippen molar-refractivity contribution in [3.8, 4) is 0 Å². The van der Waals surface area contributed by atoms with Gasteiger partial charge in [0.05, 0.1) is 17.8 Å². The first-order valence-electron chi connectivity index (χ1n) is 10.6. The van der Waals surface area contributed by atoms with Crippen molar-refractivity contribution in [3.63, 3.8) is 0 Å². The first-order chi connectivity index (χ1) is 12.5. The van der Waals surface area contributed by atoms with Crippen LogP contribution in [0.3, 0.4) is 0 Å². The molecule has 0 spiro atoms. The van der Waals surface area contributed by atoms with E-state index in [0.29, 0.717) is 5.41 Å². The van der Waals surface area contributed by atoms with Crippen molar-refractivity contribution in [2.75, 3.05) is 0 Å². The minimum atomic E-state index is -1.45. The zero-order valence-electron chi connectivity index (χ0n) is 18.6. The van der Waals surface area contributed by atoms with E-state index in [2.05, 4.69) is 59.5 Å². The molecule has 0 aromatic carbocycles. The summed E-state index contributed by atoms with van der Waals surface area (Å²) in [7, 11) is -1.45. The molecule has 0 radical (unpaired) electrons. The maximum atomic E-state index is 10.5. The van der Waals surface area contributed by atoms with Crippen molar-refractivity contribution in [3.05, 3.63) is 40.7 Å². The molecule has 1 aromatic rings. The summed E-state index contributed by atoms with van der Waals surface area (Å²) in [6.07, 6.45) is 11.6. The molecular formula is C24H40O2Si. The van der Waals surface area contributed by atoms with Gasteiger partial charge in [0.25, 0.3) is 0 Å². The third kappa shape index (κ3) is 6.22. The van der Waals surface area contributed by atoms with Crippen molar-refractivity contribution < 1.29 is 9.52 Å². The van der Waals surface area contributed by atoms with Crippen molar-refractivity contribution in [2.24, 2.45) is 5.41 Å². The SMILES string of the molecule is CC(=CCCC(O)c1coc([Si](C)(C)C)c1)CCC1=C(C)CCCC1(C)C. The summed E-state index contributed by atoms with van der Waals surface area (Å²) in [4.78, 5) is 0. The van der Waals surface area contributed by atoms with Gasteiger partial charge in [-0.2, -0.15) is 0 Å². The zero-order chi connectivity index (χ0) is 20.2. The van der Waals surface area contributed by atoms with Crippen LogP contribution >= 0.6 is 0 Å². The summed E-state index contributed by atoms with van der Waals surface area (Å²) in [5, 5.41) is 11.5. The second-order valence-corrected chi connectivity index (χ2v) is 15.1. The molecule has 2 rings (SSSR count). The highest BCUT2D eigenvalue weighted by Crippen LogP contribution is 2.42. The van der Waals surface area contributed by atoms with Crippen LogP contribution in [0.25, 0.3) is 0 Å². The van der Waals surface area contributed by atoms with Crippen LogP contribution in [-0.4, -0.2) is 13.2 Å². The third-order valence-corrected chi connectivity index (χ3v) is 7.87. The van der Waals surface area contributed by atoms with Crippen molar-refractivity contribution in [2.45, 2.75) is 98.4 Å². The number of aliphatic hydroxyl groups excluding tert-OH is 1. The van der Waals surface area contributed by atoms with Crippen molar-refractivity contribution >= 4 is 13.5 Å². The molecule has 1 heterocycles. The van der Waals surface area contributed by atoms with Gasteiger partial charge in [-0.05, 0) is 70.3 Å². The van der Waals surface area contributed by atoms with E-state index >= 15 is 0 Å². The van der Waals surface area contributed by atoms with Crippen LogP contribution in [0.15, 0.2) is 39.5 Å². The van der Waals surface area contributed by atoms with E-state index in [1.54, 1.807) is 17.4 Å². The van der Waals surface area contributed by atoms with Gasteiger partial charge in [0, 0.05) is 5.56 Å². The van der Waals surface area contributed by atoms with Gasteiger partial charge < -0.3 is 9.52 Å². The fourth-order valence-electron chi connectivity index (χ4n) is 4.22. The van der Waals surface area contributed by atoms with Gasteiger partial charge >= 0.3 is 0 Å². The Hall–Kier alpha value is -1.06. The quantitative estimate of drug-likeness (QED) is 0.388. The fraction of sp³-hybridized carbons (Fsp3) is 0.667. The molecule has 1 N–H and O–H groups in total. The number of furan rings is 1. The molecule has 0 saturated heterocycles. The number of hydrogen-bond acceptors (Lipinski definition) is 2. The Morgan fingerprint density at radius 3 is 2.63 bits per heavy atom. The van der Waals surface area contributed by atoms with Gasteiger partial charge in [0.1, 0.15) is 8.07 Å². The molecule has 0 aliphatic heterocycles. The van der Waals surface area contributed by atoms with Gasteiger partial charge in [-0.1, -0.05) is 56.3 Å². The molecule has 152 valence electrons. The van der Waals surface area contributed by atoms with E-state index in [0.717, 1.165) is 30.2 Å². The minimum absolute atomic E-state index is 0.369. The van der Waals surface area contributed by atoms with Gasteiger partial charge in [0.2, 0.25) is 0 Å². The summed E-state index contributed by atoms with van der Waals surface area (Å²) in [6.45, 7) is 16.2. The van der Waals surface area contributed by atoms with Crippen molar-refractivity contribution in [1.29, 1.82) is 0 Å². The first kappa shape index (κ1) is 22.2. The van der Waals surface area contributed by atoms with Gasteiger partial charge in [0.15, 0.2) is 0 Å². The molecule has 0 saturated carbocycles. The zero-order valence-corrected chi connectivity index (χ0v) is 19.6. The minimum Gasteiger partial charge on any atom is -0.474 e. The van der Waals surface area contributed by atoms with Crippen LogP contribution in [-0.2, 0) is 0 Å². The van der Waals surface area contributed by atoms with E-state index in [1.165, 1.54) is 31.3 Å². The molecular weight excluding hydrogens is 348 g/mol. The average molecular weight is 389 g/mol. The van der Waals surface area contributed by atoms with Gasteiger partial charge in [-0.25, -0.2) is 0 Å². The van der Waals surface area contributed by atoms with Gasteiger partial charge in [-0.3, -0.25) is 0 Å². The van der Waals surface area contributed by atoms with Crippen LogP contribution in [0.2, 0.25) is 19.6 Å². The predicted octanol–water partition coefficient (Wildman–Crippen LogP) is 6.89. The van der Waals surface area contributed by atoms with E-state index in [9.17, 15) is 5.11 Å². The number of rotatable bonds is 8. The third-order valence-electron chi connectivity index (χ3n) is 6.13. The van der Waals surface area contributed by atoms with Crippen LogP contribution in [0.1, 0.15) is 84.3 Å². The van der Waals surface area contributed by atoms with Crippen LogP contribution < -0.4 is 5.38 Å². The van der Waals surface area contributed by atoms with E-state index in [1.807, 2.05) is 0 Å². The molecule has 1 atom stereocenters. The Balaban J connectivity index is 1.84. The Morgan fingerprint density at radius 1 is 1.33 bits per heavy atom. The molecule has 1 unspecified atom stereocenters. The van der Waals surface area contributed by atoms with E-state index in [4.69, 9.17) is 4.42 Å². The largest absolute Gasteiger partial charge is 0.474 e. The lowest BCUT2D eigenvalue weighted by Gasteiger charge is -2.35. The fourth-order valence-corrected chi connectivity index (χ4v) is 5.24. The molecule has 3 heteroatoms. The van der Waals surface area contributed by atoms with Gasteiger partial charge in [-0.15, -0.1) is 0 Å². The molecule has 0 fully saturated rings. The lowest BCUT2D eigenvalue weighted by Crippen LogP contribution is -2.36. The highest BCUT2D eigenvalue weighted by atomic mass is 28.3. The van der Waals surface area contributed by atoms with E-state index in [-0.39, 0.29) is 0 Å². The first-order valence-corrected chi connectivity index (χ1v) is 14.1. The topological polar surface area (TPSA) is 33.4 Å². The highest BCUT2D eigenvalue weighted by molar-refractivity contribution is 6.87. The maximum absolute atomic E-state index is 10.5.